The number of rotatable bonds is 4. The highest BCUT2D eigenvalue weighted by Gasteiger charge is 2.53. The third-order valence-corrected chi connectivity index (χ3v) is 5.05. The second-order valence-electron chi connectivity index (χ2n) is 8.37. The molecule has 0 aromatic heterocycles. The van der Waals surface area contributed by atoms with E-state index < -0.39 is 35.2 Å². The van der Waals surface area contributed by atoms with E-state index in [4.69, 9.17) is 4.74 Å². The molecular formula is C20H27N3O5. The van der Waals surface area contributed by atoms with Gasteiger partial charge in [0.05, 0.1) is 0 Å². The second kappa shape index (κ2) is 7.43. The van der Waals surface area contributed by atoms with Gasteiger partial charge in [0.25, 0.3) is 5.91 Å². The molecule has 1 aromatic rings. The van der Waals surface area contributed by atoms with Crippen LogP contribution in [0.2, 0.25) is 0 Å². The first kappa shape index (κ1) is 20.1. The summed E-state index contributed by atoms with van der Waals surface area (Å²) in [7, 11) is 0. The van der Waals surface area contributed by atoms with E-state index in [0.717, 1.165) is 5.56 Å². The fourth-order valence-corrected chi connectivity index (χ4v) is 3.83. The molecule has 2 N–H and O–H groups in total. The Hall–Kier alpha value is -2.61. The first-order valence-corrected chi connectivity index (χ1v) is 9.48. The van der Waals surface area contributed by atoms with Crippen molar-refractivity contribution in [2.24, 2.45) is 0 Å². The summed E-state index contributed by atoms with van der Waals surface area (Å²) in [6, 6.07) is 8.47. The normalized spacial score (nSPS) is 25.3. The van der Waals surface area contributed by atoms with Crippen LogP contribution in [-0.4, -0.2) is 63.4 Å². The van der Waals surface area contributed by atoms with Crippen molar-refractivity contribution in [2.45, 2.75) is 57.2 Å². The maximum Gasteiger partial charge on any atom is 0.408 e. The van der Waals surface area contributed by atoms with Crippen molar-refractivity contribution in [2.75, 3.05) is 13.1 Å². The van der Waals surface area contributed by atoms with E-state index in [1.54, 1.807) is 25.8 Å². The Morgan fingerprint density at radius 2 is 1.93 bits per heavy atom. The van der Waals surface area contributed by atoms with Crippen molar-refractivity contribution in [3.05, 3.63) is 35.9 Å². The number of fused-ring (bicyclic) bond motifs is 1. The third kappa shape index (κ3) is 4.11. The topological polar surface area (TPSA) is 99.2 Å². The molecule has 8 heteroatoms. The summed E-state index contributed by atoms with van der Waals surface area (Å²) in [6.07, 6.45) is 0.330. The zero-order chi connectivity index (χ0) is 20.5. The number of carbonyl (C=O) groups excluding carboxylic acids is 2. The zero-order valence-corrected chi connectivity index (χ0v) is 16.5. The van der Waals surface area contributed by atoms with Crippen molar-refractivity contribution in [3.63, 3.8) is 0 Å². The van der Waals surface area contributed by atoms with Gasteiger partial charge in [0.1, 0.15) is 17.2 Å². The summed E-state index contributed by atoms with van der Waals surface area (Å²) in [6.45, 7) is 6.25. The molecule has 3 rings (SSSR count). The Kier molecular flexibility index (Phi) is 5.34. The van der Waals surface area contributed by atoms with E-state index in [1.165, 1.54) is 5.01 Å². The number of benzene rings is 1. The number of nitrogens with zero attached hydrogens (tertiary/aromatic N) is 2. The van der Waals surface area contributed by atoms with Crippen LogP contribution < -0.4 is 5.32 Å². The smallest absolute Gasteiger partial charge is 0.408 e. The quantitative estimate of drug-likeness (QED) is 0.815. The molecule has 8 nitrogen and oxygen atoms in total. The molecular weight excluding hydrogens is 362 g/mol. The minimum atomic E-state index is -1.25. The van der Waals surface area contributed by atoms with Gasteiger partial charge in [-0.2, -0.15) is 0 Å². The summed E-state index contributed by atoms with van der Waals surface area (Å²) >= 11 is 0. The molecule has 0 spiro atoms. The van der Waals surface area contributed by atoms with Crippen LogP contribution in [0.15, 0.2) is 30.3 Å². The van der Waals surface area contributed by atoms with Crippen molar-refractivity contribution < 1.29 is 24.2 Å². The number of hydrazine groups is 1. The molecule has 0 saturated carbocycles. The highest BCUT2D eigenvalue weighted by molar-refractivity contribution is 5.93. The zero-order valence-electron chi connectivity index (χ0n) is 16.5. The number of nitrogens with one attached hydrogen (secondary N) is 1. The van der Waals surface area contributed by atoms with Crippen molar-refractivity contribution >= 4 is 18.0 Å². The molecule has 0 aliphatic carbocycles. The van der Waals surface area contributed by atoms with Gasteiger partial charge in [-0.05, 0) is 39.2 Å². The average molecular weight is 389 g/mol. The van der Waals surface area contributed by atoms with Crippen LogP contribution in [0.5, 0.6) is 0 Å². The largest absolute Gasteiger partial charge is 0.480 e. The molecule has 28 heavy (non-hydrogen) atoms. The number of carboxylic acid groups (broad SMARTS) is 1. The fraction of sp³-hybridized carbons (Fsp3) is 0.550. The maximum absolute atomic E-state index is 13.5. The van der Waals surface area contributed by atoms with Crippen molar-refractivity contribution in [1.82, 2.24) is 15.3 Å². The Morgan fingerprint density at radius 1 is 1.25 bits per heavy atom. The van der Waals surface area contributed by atoms with Gasteiger partial charge in [-0.25, -0.2) is 14.6 Å². The van der Waals surface area contributed by atoms with Gasteiger partial charge in [0.2, 0.25) is 0 Å². The highest BCUT2D eigenvalue weighted by Crippen LogP contribution is 2.33. The summed E-state index contributed by atoms with van der Waals surface area (Å²) in [5.41, 5.74) is -1.08. The van der Waals surface area contributed by atoms with E-state index in [-0.39, 0.29) is 6.42 Å². The highest BCUT2D eigenvalue weighted by atomic mass is 16.6. The van der Waals surface area contributed by atoms with Crippen LogP contribution >= 0.6 is 0 Å². The summed E-state index contributed by atoms with van der Waals surface area (Å²) in [4.78, 5) is 37.7. The minimum Gasteiger partial charge on any atom is -0.480 e. The van der Waals surface area contributed by atoms with Crippen LogP contribution in [0.25, 0.3) is 0 Å². The minimum absolute atomic E-state index is 0.266. The Morgan fingerprint density at radius 3 is 2.54 bits per heavy atom. The van der Waals surface area contributed by atoms with E-state index >= 15 is 0 Å². The molecule has 0 bridgehead atoms. The van der Waals surface area contributed by atoms with Gasteiger partial charge in [-0.3, -0.25) is 9.80 Å². The van der Waals surface area contributed by atoms with Crippen LogP contribution in [0.3, 0.4) is 0 Å². The number of hydrogen-bond donors (Lipinski definition) is 2. The molecule has 2 fully saturated rings. The lowest BCUT2D eigenvalue weighted by Crippen LogP contribution is -2.69. The Bertz CT molecular complexity index is 761. The molecule has 2 aliphatic heterocycles. The summed E-state index contributed by atoms with van der Waals surface area (Å²) < 4.78 is 5.39. The van der Waals surface area contributed by atoms with E-state index in [9.17, 15) is 19.5 Å². The number of ether oxygens (including phenoxy) is 1. The van der Waals surface area contributed by atoms with Gasteiger partial charge in [0.15, 0.2) is 0 Å². The predicted molar refractivity (Wildman–Crippen MR) is 101 cm³/mol. The molecule has 2 aliphatic rings. The van der Waals surface area contributed by atoms with Crippen LogP contribution in [-0.2, 0) is 20.7 Å². The number of amides is 2. The summed E-state index contributed by atoms with van der Waals surface area (Å²) in [5, 5.41) is 15.4. The standard InChI is InChI=1S/C20H27N3O5/c1-19(2,3)28-18(27)21-20(13-14-7-5-4-6-8-14)10-12-22-11-9-15(16(24)25)23(22)17(20)26/h4-8,15H,9-13H2,1-3H3,(H,21,27)(H,24,25)/t15-,20?/m0/s1. The number of hydrogen-bond acceptors (Lipinski definition) is 5. The van der Waals surface area contributed by atoms with Gasteiger partial charge >= 0.3 is 12.1 Å². The fourth-order valence-electron chi connectivity index (χ4n) is 3.83. The van der Waals surface area contributed by atoms with Gasteiger partial charge in [-0.15, -0.1) is 0 Å². The van der Waals surface area contributed by atoms with E-state index in [1.807, 2.05) is 30.3 Å². The number of carboxylic acids is 1. The van der Waals surface area contributed by atoms with Crippen LogP contribution in [0, 0.1) is 0 Å². The first-order valence-electron chi connectivity index (χ1n) is 9.48. The monoisotopic (exact) mass is 389 g/mol. The lowest BCUT2D eigenvalue weighted by Gasteiger charge is -2.46. The molecule has 2 heterocycles. The lowest BCUT2D eigenvalue weighted by atomic mass is 9.84. The molecule has 2 amide bonds. The Labute approximate surface area is 164 Å². The van der Waals surface area contributed by atoms with E-state index in [2.05, 4.69) is 5.32 Å². The SMILES string of the molecule is CC(C)(C)OC(=O)NC1(Cc2ccccc2)CCN2CC[C@@H](C(=O)O)N2C1=O. The lowest BCUT2D eigenvalue weighted by molar-refractivity contribution is -0.171. The molecule has 2 saturated heterocycles. The van der Waals surface area contributed by atoms with Gasteiger partial charge < -0.3 is 15.2 Å². The molecule has 1 aromatic carbocycles. The summed E-state index contributed by atoms with van der Waals surface area (Å²) in [5.74, 6) is -1.44. The van der Waals surface area contributed by atoms with Gasteiger partial charge in [0, 0.05) is 19.5 Å². The van der Waals surface area contributed by atoms with Crippen molar-refractivity contribution in [3.8, 4) is 0 Å². The average Bonchev–Trinajstić information content (AvgIpc) is 3.02. The number of carbonyl (C=O) groups is 3. The molecule has 2 atom stereocenters. The third-order valence-electron chi connectivity index (χ3n) is 5.05. The van der Waals surface area contributed by atoms with Crippen molar-refractivity contribution in [1.29, 1.82) is 0 Å². The van der Waals surface area contributed by atoms with E-state index in [0.29, 0.717) is 25.9 Å². The second-order valence-corrected chi connectivity index (χ2v) is 8.37. The first-order chi connectivity index (χ1) is 13.1. The molecule has 152 valence electrons. The van der Waals surface area contributed by atoms with Crippen LogP contribution in [0.4, 0.5) is 4.79 Å². The van der Waals surface area contributed by atoms with Gasteiger partial charge in [-0.1, -0.05) is 30.3 Å². The Balaban J connectivity index is 1.92. The predicted octanol–water partition coefficient (Wildman–Crippen LogP) is 1.80. The maximum atomic E-state index is 13.5. The number of aliphatic carboxylic acids is 1. The van der Waals surface area contributed by atoms with Crippen LogP contribution in [0.1, 0.15) is 39.2 Å². The number of alkyl carbamates (subject to hydrolysis) is 1. The molecule has 1 unspecified atom stereocenters. The molecule has 0 radical (unpaired) electrons.